The van der Waals surface area contributed by atoms with E-state index in [1.165, 1.54) is 7.11 Å². The van der Waals surface area contributed by atoms with E-state index in [1.807, 2.05) is 30.3 Å². The first-order valence-electron chi connectivity index (χ1n) is 9.93. The summed E-state index contributed by atoms with van der Waals surface area (Å²) < 4.78 is 19.0. The molecule has 0 saturated heterocycles. The number of benzene rings is 2. The molecule has 0 aliphatic rings. The molecule has 1 aromatic heterocycles. The number of aromatic nitrogens is 1. The monoisotopic (exact) mass is 415 g/mol. The third-order valence-electron chi connectivity index (χ3n) is 4.83. The Balaban J connectivity index is 1.55. The van der Waals surface area contributed by atoms with Crippen molar-refractivity contribution in [2.75, 3.05) is 32.1 Å². The highest BCUT2D eigenvalue weighted by Gasteiger charge is 2.09. The van der Waals surface area contributed by atoms with Crippen LogP contribution in [-0.4, -0.2) is 36.6 Å². The second kappa shape index (κ2) is 10.4. The van der Waals surface area contributed by atoms with E-state index >= 15 is 0 Å². The lowest BCUT2D eigenvalue weighted by atomic mass is 10.1. The number of anilines is 1. The van der Waals surface area contributed by atoms with Crippen LogP contribution in [0.2, 0.25) is 5.02 Å². The van der Waals surface area contributed by atoms with Gasteiger partial charge in [-0.05, 0) is 61.3 Å². The van der Waals surface area contributed by atoms with Crippen LogP contribution in [0.5, 0.6) is 5.75 Å². The lowest BCUT2D eigenvalue weighted by Gasteiger charge is -2.22. The minimum Gasteiger partial charge on any atom is -0.494 e. The van der Waals surface area contributed by atoms with Crippen LogP contribution in [0.4, 0.5) is 10.1 Å². The summed E-state index contributed by atoms with van der Waals surface area (Å²) in [5.74, 6) is -0.0290. The van der Waals surface area contributed by atoms with Gasteiger partial charge in [-0.25, -0.2) is 4.39 Å². The molecule has 1 heterocycles. The minimum absolute atomic E-state index is 0.283. The molecule has 3 rings (SSSR count). The maximum atomic E-state index is 14.0. The molecule has 0 spiro atoms. The molecular formula is C23H27ClFN3O. The summed E-state index contributed by atoms with van der Waals surface area (Å²) in [7, 11) is 1.48. The number of pyridine rings is 1. The van der Waals surface area contributed by atoms with E-state index in [0.717, 1.165) is 61.2 Å². The maximum absolute atomic E-state index is 14.0. The lowest BCUT2D eigenvalue weighted by Crippen LogP contribution is -2.26. The SMILES string of the molecule is CCCN(CCCNc1ccnc2cc(Cl)ccc12)Cc1ccc(OC)c(F)c1. The second-order valence-electron chi connectivity index (χ2n) is 7.05. The standard InChI is InChI=1S/C23H27ClFN3O/c1-3-12-28(16-17-5-8-23(29-2)20(25)14-17)13-4-10-26-21-9-11-27-22-15-18(24)6-7-19(21)22/h5-9,11,14-15H,3-4,10,12-13,16H2,1-2H3,(H,26,27). The zero-order valence-corrected chi connectivity index (χ0v) is 17.7. The van der Waals surface area contributed by atoms with E-state index in [9.17, 15) is 4.39 Å². The Morgan fingerprint density at radius 2 is 2.00 bits per heavy atom. The van der Waals surface area contributed by atoms with Crippen molar-refractivity contribution >= 4 is 28.2 Å². The van der Waals surface area contributed by atoms with Crippen molar-refractivity contribution in [3.05, 3.63) is 65.1 Å². The molecule has 0 radical (unpaired) electrons. The summed E-state index contributed by atoms with van der Waals surface area (Å²) in [6, 6.07) is 12.9. The molecule has 0 aliphatic heterocycles. The number of nitrogens with one attached hydrogen (secondary N) is 1. The van der Waals surface area contributed by atoms with Gasteiger partial charge in [0.25, 0.3) is 0 Å². The third kappa shape index (κ3) is 5.81. The van der Waals surface area contributed by atoms with Crippen LogP contribution >= 0.6 is 11.6 Å². The Labute approximate surface area is 176 Å². The number of ether oxygens (including phenoxy) is 1. The van der Waals surface area contributed by atoms with E-state index in [0.29, 0.717) is 5.02 Å². The fraction of sp³-hybridized carbons (Fsp3) is 0.348. The van der Waals surface area contributed by atoms with Gasteiger partial charge in [0.2, 0.25) is 0 Å². The van der Waals surface area contributed by atoms with E-state index < -0.39 is 0 Å². The van der Waals surface area contributed by atoms with Gasteiger partial charge < -0.3 is 10.1 Å². The van der Waals surface area contributed by atoms with Crippen LogP contribution < -0.4 is 10.1 Å². The van der Waals surface area contributed by atoms with Gasteiger partial charge in [-0.2, -0.15) is 0 Å². The molecule has 0 unspecified atom stereocenters. The number of methoxy groups -OCH3 is 1. The summed E-state index contributed by atoms with van der Waals surface area (Å²) in [5.41, 5.74) is 2.91. The molecular weight excluding hydrogens is 389 g/mol. The van der Waals surface area contributed by atoms with Gasteiger partial charge in [0.15, 0.2) is 11.6 Å². The number of hydrogen-bond acceptors (Lipinski definition) is 4. The minimum atomic E-state index is -0.312. The summed E-state index contributed by atoms with van der Waals surface area (Å²) >= 11 is 6.06. The van der Waals surface area contributed by atoms with E-state index in [2.05, 4.69) is 22.1 Å². The molecule has 1 N–H and O–H groups in total. The largest absolute Gasteiger partial charge is 0.494 e. The average molecular weight is 416 g/mol. The summed E-state index contributed by atoms with van der Waals surface area (Å²) in [6.07, 6.45) is 3.83. The summed E-state index contributed by atoms with van der Waals surface area (Å²) in [6.45, 7) is 5.64. The predicted octanol–water partition coefficient (Wildman–Crippen LogP) is 5.75. The number of halogens is 2. The van der Waals surface area contributed by atoms with Gasteiger partial charge in [0, 0.05) is 41.9 Å². The molecule has 0 atom stereocenters. The highest BCUT2D eigenvalue weighted by atomic mass is 35.5. The first kappa shape index (κ1) is 21.3. The molecule has 4 nitrogen and oxygen atoms in total. The van der Waals surface area contributed by atoms with Gasteiger partial charge in [0.05, 0.1) is 12.6 Å². The second-order valence-corrected chi connectivity index (χ2v) is 7.48. The predicted molar refractivity (Wildman–Crippen MR) is 118 cm³/mol. The quantitative estimate of drug-likeness (QED) is 0.428. The molecule has 0 fully saturated rings. The van der Waals surface area contributed by atoms with E-state index in [-0.39, 0.29) is 11.6 Å². The first-order valence-corrected chi connectivity index (χ1v) is 10.3. The topological polar surface area (TPSA) is 37.4 Å². The van der Waals surface area contributed by atoms with Crippen molar-refractivity contribution in [2.24, 2.45) is 0 Å². The molecule has 29 heavy (non-hydrogen) atoms. The highest BCUT2D eigenvalue weighted by molar-refractivity contribution is 6.31. The first-order chi connectivity index (χ1) is 14.1. The maximum Gasteiger partial charge on any atom is 0.165 e. The van der Waals surface area contributed by atoms with Crippen LogP contribution in [0.3, 0.4) is 0 Å². The smallest absolute Gasteiger partial charge is 0.165 e. The van der Waals surface area contributed by atoms with Crippen molar-refractivity contribution in [1.29, 1.82) is 0 Å². The van der Waals surface area contributed by atoms with Crippen molar-refractivity contribution in [1.82, 2.24) is 9.88 Å². The molecule has 0 aliphatic carbocycles. The normalized spacial score (nSPS) is 11.2. The molecule has 0 amide bonds. The van der Waals surface area contributed by atoms with E-state index in [4.69, 9.17) is 16.3 Å². The molecule has 0 bridgehead atoms. The molecule has 154 valence electrons. The molecule has 0 saturated carbocycles. The Morgan fingerprint density at radius 1 is 1.14 bits per heavy atom. The van der Waals surface area contributed by atoms with Crippen molar-refractivity contribution in [2.45, 2.75) is 26.3 Å². The Kier molecular flexibility index (Phi) is 7.67. The third-order valence-corrected chi connectivity index (χ3v) is 5.07. The lowest BCUT2D eigenvalue weighted by molar-refractivity contribution is 0.264. The van der Waals surface area contributed by atoms with Crippen LogP contribution in [0.1, 0.15) is 25.3 Å². The Hall–Kier alpha value is -2.37. The Bertz CT molecular complexity index is 951. The van der Waals surface area contributed by atoms with Crippen LogP contribution in [-0.2, 0) is 6.54 Å². The van der Waals surface area contributed by atoms with Crippen molar-refractivity contribution < 1.29 is 9.13 Å². The fourth-order valence-electron chi connectivity index (χ4n) is 3.45. The molecule has 2 aromatic carbocycles. The number of nitrogens with zero attached hydrogens (tertiary/aromatic N) is 2. The number of fused-ring (bicyclic) bond motifs is 1. The van der Waals surface area contributed by atoms with Gasteiger partial charge in [-0.15, -0.1) is 0 Å². The number of hydrogen-bond donors (Lipinski definition) is 1. The van der Waals surface area contributed by atoms with Crippen LogP contribution in [0.25, 0.3) is 10.9 Å². The number of rotatable bonds is 10. The van der Waals surface area contributed by atoms with Gasteiger partial charge in [0.1, 0.15) is 0 Å². The zero-order valence-electron chi connectivity index (χ0n) is 16.9. The fourth-order valence-corrected chi connectivity index (χ4v) is 3.62. The van der Waals surface area contributed by atoms with Crippen molar-refractivity contribution in [3.63, 3.8) is 0 Å². The average Bonchev–Trinajstić information content (AvgIpc) is 2.71. The van der Waals surface area contributed by atoms with Crippen molar-refractivity contribution in [3.8, 4) is 5.75 Å². The zero-order chi connectivity index (χ0) is 20.6. The van der Waals surface area contributed by atoms with Crippen LogP contribution in [0, 0.1) is 5.82 Å². The van der Waals surface area contributed by atoms with Gasteiger partial charge in [-0.1, -0.05) is 24.6 Å². The van der Waals surface area contributed by atoms with Crippen LogP contribution in [0.15, 0.2) is 48.7 Å². The Morgan fingerprint density at radius 3 is 2.76 bits per heavy atom. The van der Waals surface area contributed by atoms with Gasteiger partial charge >= 0.3 is 0 Å². The van der Waals surface area contributed by atoms with E-state index in [1.54, 1.807) is 18.3 Å². The summed E-state index contributed by atoms with van der Waals surface area (Å²) in [5, 5.41) is 5.26. The highest BCUT2D eigenvalue weighted by Crippen LogP contribution is 2.24. The summed E-state index contributed by atoms with van der Waals surface area (Å²) in [4.78, 5) is 6.73. The molecule has 3 aromatic rings. The molecule has 6 heteroatoms. The van der Waals surface area contributed by atoms with Gasteiger partial charge in [-0.3, -0.25) is 9.88 Å².